The van der Waals surface area contributed by atoms with Gasteiger partial charge in [0.05, 0.1) is 11.0 Å². The molecule has 10 nitrogen and oxygen atoms in total. The third-order valence-corrected chi connectivity index (χ3v) is 10.0. The van der Waals surface area contributed by atoms with Crippen LogP contribution >= 0.6 is 0 Å². The molecule has 3 N–H and O–H groups in total. The van der Waals surface area contributed by atoms with E-state index in [1.807, 2.05) is 29.2 Å². The van der Waals surface area contributed by atoms with E-state index in [2.05, 4.69) is 25.2 Å². The minimum Gasteiger partial charge on any atom is -0.387 e. The highest BCUT2D eigenvalue weighted by Crippen LogP contribution is 2.35. The molecule has 1 fully saturated rings. The van der Waals surface area contributed by atoms with Crippen molar-refractivity contribution in [2.75, 3.05) is 29.3 Å². The standard InChI is InChI=1S/C33H40N6O4S/c40-31(27-8-4-18-34-22-27)23-35-19-16-25-10-12-28(13-11-25)38-44(41,42)29-14-15-30-26(21-29)17-20-39(30)33-36-32(37-43-33)9-3-7-24-5-1-2-6-24/h4,8,10-15,18,21-22,24,31,35,38,40H,1-3,5-7,9,16-17,19-20,23H2. The maximum atomic E-state index is 13.2. The largest absolute Gasteiger partial charge is 0.387 e. The van der Waals surface area contributed by atoms with Gasteiger partial charge in [-0.1, -0.05) is 55.5 Å². The summed E-state index contributed by atoms with van der Waals surface area (Å²) in [4.78, 5) is 10.9. The van der Waals surface area contributed by atoms with E-state index < -0.39 is 16.1 Å². The first-order chi connectivity index (χ1) is 21.4. The van der Waals surface area contributed by atoms with Crippen LogP contribution in [0.5, 0.6) is 0 Å². The summed E-state index contributed by atoms with van der Waals surface area (Å²) >= 11 is 0. The topological polar surface area (TPSA) is 133 Å². The van der Waals surface area contributed by atoms with Crippen LogP contribution in [0.4, 0.5) is 17.4 Å². The fraction of sp³-hybridized carbons (Fsp3) is 0.424. The molecule has 232 valence electrons. The summed E-state index contributed by atoms with van der Waals surface area (Å²) in [7, 11) is -3.77. The zero-order chi connectivity index (χ0) is 30.4. The molecule has 1 saturated carbocycles. The number of nitrogens with zero attached hydrogens (tertiary/aromatic N) is 4. The Balaban J connectivity index is 0.999. The Hall–Kier alpha value is -3.80. The Labute approximate surface area is 259 Å². The molecule has 1 unspecified atom stereocenters. The fourth-order valence-corrected chi connectivity index (χ4v) is 7.27. The lowest BCUT2D eigenvalue weighted by Gasteiger charge is -2.14. The first-order valence-electron chi connectivity index (χ1n) is 15.6. The Kier molecular flexibility index (Phi) is 9.54. The molecular formula is C33H40N6O4S. The van der Waals surface area contributed by atoms with Crippen LogP contribution in [0.15, 0.2) is 76.4 Å². The molecule has 2 aliphatic rings. The molecule has 2 aromatic carbocycles. The molecule has 0 radical (unpaired) electrons. The van der Waals surface area contributed by atoms with E-state index in [0.717, 1.165) is 53.4 Å². The quantitative estimate of drug-likeness (QED) is 0.161. The third kappa shape index (κ3) is 7.46. The van der Waals surface area contributed by atoms with Crippen LogP contribution in [-0.4, -0.2) is 48.3 Å². The molecule has 0 amide bonds. The van der Waals surface area contributed by atoms with Crippen molar-refractivity contribution in [3.05, 3.63) is 89.5 Å². The monoisotopic (exact) mass is 616 g/mol. The number of aryl methyl sites for hydroxylation is 1. The average Bonchev–Trinajstić information content (AvgIpc) is 3.82. The van der Waals surface area contributed by atoms with Gasteiger partial charge in [0, 0.05) is 48.8 Å². The number of aliphatic hydroxyl groups is 1. The van der Waals surface area contributed by atoms with Crippen molar-refractivity contribution in [2.45, 2.75) is 68.8 Å². The van der Waals surface area contributed by atoms with Crippen molar-refractivity contribution < 1.29 is 18.0 Å². The summed E-state index contributed by atoms with van der Waals surface area (Å²) in [5, 5.41) is 17.7. The second kappa shape index (κ2) is 13.9. The number of aromatic nitrogens is 3. The van der Waals surface area contributed by atoms with Crippen molar-refractivity contribution in [1.82, 2.24) is 20.4 Å². The number of fused-ring (bicyclic) bond motifs is 1. The molecule has 1 atom stereocenters. The lowest BCUT2D eigenvalue weighted by atomic mass is 10.0. The smallest absolute Gasteiger partial charge is 0.328 e. The fourth-order valence-electron chi connectivity index (χ4n) is 6.16. The Morgan fingerprint density at radius 1 is 1.07 bits per heavy atom. The number of hydrogen-bond acceptors (Lipinski definition) is 9. The molecule has 0 saturated heterocycles. The number of benzene rings is 2. The second-order valence-corrected chi connectivity index (χ2v) is 13.5. The molecule has 2 aromatic heterocycles. The van der Waals surface area contributed by atoms with E-state index in [4.69, 9.17) is 4.52 Å². The molecule has 11 heteroatoms. The van der Waals surface area contributed by atoms with Crippen molar-refractivity contribution in [1.29, 1.82) is 0 Å². The second-order valence-electron chi connectivity index (χ2n) is 11.8. The average molecular weight is 617 g/mol. The first-order valence-corrected chi connectivity index (χ1v) is 17.1. The maximum Gasteiger partial charge on any atom is 0.328 e. The van der Waals surface area contributed by atoms with Gasteiger partial charge in [-0.15, -0.1) is 0 Å². The maximum absolute atomic E-state index is 13.2. The zero-order valence-corrected chi connectivity index (χ0v) is 25.7. The van der Waals surface area contributed by atoms with Crippen LogP contribution in [0.2, 0.25) is 0 Å². The van der Waals surface area contributed by atoms with E-state index in [-0.39, 0.29) is 4.90 Å². The molecule has 6 rings (SSSR count). The lowest BCUT2D eigenvalue weighted by Crippen LogP contribution is -2.23. The molecule has 4 aromatic rings. The highest BCUT2D eigenvalue weighted by Gasteiger charge is 2.27. The summed E-state index contributed by atoms with van der Waals surface area (Å²) in [5.41, 5.74) is 4.17. The summed E-state index contributed by atoms with van der Waals surface area (Å²) in [5.74, 6) is 1.58. The van der Waals surface area contributed by atoms with Crippen molar-refractivity contribution >= 4 is 27.4 Å². The number of nitrogens with one attached hydrogen (secondary N) is 2. The van der Waals surface area contributed by atoms with Crippen molar-refractivity contribution in [3.63, 3.8) is 0 Å². The van der Waals surface area contributed by atoms with Crippen LogP contribution in [-0.2, 0) is 29.3 Å². The zero-order valence-electron chi connectivity index (χ0n) is 24.9. The van der Waals surface area contributed by atoms with Crippen LogP contribution in [0, 0.1) is 5.92 Å². The van der Waals surface area contributed by atoms with Gasteiger partial charge in [-0.2, -0.15) is 4.98 Å². The Morgan fingerprint density at radius 2 is 1.91 bits per heavy atom. The van der Waals surface area contributed by atoms with Gasteiger partial charge in [-0.05, 0) is 79.3 Å². The van der Waals surface area contributed by atoms with Gasteiger partial charge in [-0.25, -0.2) is 8.42 Å². The molecule has 0 spiro atoms. The Bertz CT molecular complexity index is 1620. The Morgan fingerprint density at radius 3 is 2.70 bits per heavy atom. The van der Waals surface area contributed by atoms with Crippen molar-refractivity contribution in [3.8, 4) is 0 Å². The van der Waals surface area contributed by atoms with E-state index in [0.29, 0.717) is 37.8 Å². The van der Waals surface area contributed by atoms with Gasteiger partial charge in [0.15, 0.2) is 5.82 Å². The van der Waals surface area contributed by atoms with Crippen LogP contribution in [0.3, 0.4) is 0 Å². The van der Waals surface area contributed by atoms with Crippen LogP contribution in [0.1, 0.15) is 67.1 Å². The van der Waals surface area contributed by atoms with Crippen molar-refractivity contribution in [2.24, 2.45) is 5.92 Å². The minimum absolute atomic E-state index is 0.219. The van der Waals surface area contributed by atoms with Gasteiger partial charge in [0.2, 0.25) is 0 Å². The minimum atomic E-state index is -3.77. The number of rotatable bonds is 14. The van der Waals surface area contributed by atoms with Crippen LogP contribution in [0.25, 0.3) is 0 Å². The summed E-state index contributed by atoms with van der Waals surface area (Å²) < 4.78 is 34.7. The molecule has 1 aliphatic carbocycles. The van der Waals surface area contributed by atoms with E-state index in [1.165, 1.54) is 32.1 Å². The lowest BCUT2D eigenvalue weighted by molar-refractivity contribution is 0.174. The van der Waals surface area contributed by atoms with Gasteiger partial charge in [-0.3, -0.25) is 14.6 Å². The number of hydrogen-bond donors (Lipinski definition) is 3. The van der Waals surface area contributed by atoms with E-state index in [1.54, 1.807) is 42.7 Å². The molecule has 44 heavy (non-hydrogen) atoms. The highest BCUT2D eigenvalue weighted by molar-refractivity contribution is 7.92. The normalized spacial score (nSPS) is 15.9. The molecule has 3 heterocycles. The number of sulfonamides is 1. The van der Waals surface area contributed by atoms with Gasteiger partial charge in [0.1, 0.15) is 0 Å². The van der Waals surface area contributed by atoms with Crippen LogP contribution < -0.4 is 14.9 Å². The summed E-state index contributed by atoms with van der Waals surface area (Å²) in [6.07, 6.45) is 12.7. The van der Waals surface area contributed by atoms with Gasteiger partial charge >= 0.3 is 6.01 Å². The summed E-state index contributed by atoms with van der Waals surface area (Å²) in [6, 6.07) is 16.7. The highest BCUT2D eigenvalue weighted by atomic mass is 32.2. The molecular weight excluding hydrogens is 576 g/mol. The van der Waals surface area contributed by atoms with E-state index >= 15 is 0 Å². The van der Waals surface area contributed by atoms with E-state index in [9.17, 15) is 13.5 Å². The first kappa shape index (κ1) is 30.2. The number of aliphatic hydroxyl groups excluding tert-OH is 1. The molecule has 1 aliphatic heterocycles. The molecule has 0 bridgehead atoms. The SMILES string of the molecule is O=S(=O)(Nc1ccc(CCNCC(O)c2cccnc2)cc1)c1ccc2c(c1)CCN2c1nc(CCCC2CCCC2)no1. The third-order valence-electron chi connectivity index (χ3n) is 8.64. The number of pyridine rings is 1. The van der Waals surface area contributed by atoms with Gasteiger partial charge < -0.3 is 14.9 Å². The summed E-state index contributed by atoms with van der Waals surface area (Å²) in [6.45, 7) is 1.77. The number of anilines is 3. The predicted octanol–water partition coefficient (Wildman–Crippen LogP) is 5.34. The van der Waals surface area contributed by atoms with Gasteiger partial charge in [0.25, 0.3) is 10.0 Å². The predicted molar refractivity (Wildman–Crippen MR) is 169 cm³/mol.